The van der Waals surface area contributed by atoms with Crippen molar-refractivity contribution in [1.29, 1.82) is 0 Å². The van der Waals surface area contributed by atoms with Gasteiger partial charge in [-0.1, -0.05) is 137 Å². The van der Waals surface area contributed by atoms with Gasteiger partial charge in [-0.25, -0.2) is 0 Å². The molecule has 0 aliphatic heterocycles. The minimum Gasteiger partial charge on any atom is -0.462 e. The van der Waals surface area contributed by atoms with Crippen molar-refractivity contribution in [2.75, 3.05) is 13.2 Å². The van der Waals surface area contributed by atoms with E-state index in [1.807, 2.05) is 0 Å². The summed E-state index contributed by atoms with van der Waals surface area (Å²) in [5.41, 5.74) is 0. The molecule has 270 valence electrons. The van der Waals surface area contributed by atoms with E-state index in [2.05, 4.69) is 111 Å². The molecule has 48 heavy (non-hydrogen) atoms. The highest BCUT2D eigenvalue weighted by atomic mass is 16.6. The number of unbranched alkanes of at least 4 members (excludes halogenated alkanes) is 8. The molecule has 0 rings (SSSR count). The normalized spacial score (nSPS) is 13.3. The summed E-state index contributed by atoms with van der Waals surface area (Å²) in [7, 11) is 0. The van der Waals surface area contributed by atoms with Crippen LogP contribution in [0.3, 0.4) is 0 Å². The van der Waals surface area contributed by atoms with Crippen molar-refractivity contribution in [3.63, 3.8) is 0 Å². The van der Waals surface area contributed by atoms with Gasteiger partial charge in [-0.2, -0.15) is 0 Å². The number of hydrogen-bond donors (Lipinski definition) is 1. The first-order valence-electron chi connectivity index (χ1n) is 18.8. The van der Waals surface area contributed by atoms with E-state index < -0.39 is 6.10 Å². The van der Waals surface area contributed by atoms with E-state index in [0.29, 0.717) is 12.8 Å². The van der Waals surface area contributed by atoms with Crippen LogP contribution in [0, 0.1) is 0 Å². The third-order valence-corrected chi connectivity index (χ3v) is 7.37. The molecule has 1 atom stereocenters. The van der Waals surface area contributed by atoms with Gasteiger partial charge in [0, 0.05) is 12.8 Å². The minimum absolute atomic E-state index is 0.0951. The highest BCUT2D eigenvalue weighted by Crippen LogP contribution is 2.10. The lowest BCUT2D eigenvalue weighted by Crippen LogP contribution is -2.28. The van der Waals surface area contributed by atoms with Crippen LogP contribution in [0.4, 0.5) is 0 Å². The molecule has 0 aromatic carbocycles. The van der Waals surface area contributed by atoms with Gasteiger partial charge in [0.25, 0.3) is 0 Å². The molecule has 0 amide bonds. The van der Waals surface area contributed by atoms with Gasteiger partial charge in [-0.3, -0.25) is 9.59 Å². The molecule has 0 radical (unpaired) electrons. The molecule has 0 aliphatic carbocycles. The van der Waals surface area contributed by atoms with E-state index in [-0.39, 0.29) is 25.2 Å². The third kappa shape index (κ3) is 35.7. The lowest BCUT2D eigenvalue weighted by atomic mass is 10.1. The maximum absolute atomic E-state index is 12.2. The van der Waals surface area contributed by atoms with Crippen LogP contribution in [-0.4, -0.2) is 36.4 Å². The molecule has 0 aromatic heterocycles. The number of allylic oxidation sites excluding steroid dienone is 16. The Morgan fingerprint density at radius 2 is 0.833 bits per heavy atom. The fourth-order valence-corrected chi connectivity index (χ4v) is 4.59. The van der Waals surface area contributed by atoms with Gasteiger partial charge in [0.15, 0.2) is 6.10 Å². The Bertz CT molecular complexity index is 979. The number of carbonyl (C=O) groups excluding carboxylic acids is 2. The molecule has 0 bridgehead atoms. The smallest absolute Gasteiger partial charge is 0.306 e. The third-order valence-electron chi connectivity index (χ3n) is 7.37. The lowest BCUT2D eigenvalue weighted by molar-refractivity contribution is -0.161. The maximum atomic E-state index is 12.2. The molecule has 0 aromatic rings. The Labute approximate surface area is 294 Å². The Hall–Kier alpha value is -3.18. The molecule has 0 saturated heterocycles. The number of rotatable bonds is 32. The summed E-state index contributed by atoms with van der Waals surface area (Å²) < 4.78 is 10.6. The molecular weight excluding hydrogens is 596 g/mol. The Morgan fingerprint density at radius 3 is 1.27 bits per heavy atom. The van der Waals surface area contributed by atoms with Gasteiger partial charge in [0.1, 0.15) is 6.61 Å². The van der Waals surface area contributed by atoms with E-state index in [4.69, 9.17) is 9.47 Å². The molecule has 5 heteroatoms. The monoisotopic (exact) mass is 665 g/mol. The topological polar surface area (TPSA) is 72.8 Å². The van der Waals surface area contributed by atoms with Crippen molar-refractivity contribution in [2.45, 2.75) is 148 Å². The van der Waals surface area contributed by atoms with Crippen molar-refractivity contribution in [2.24, 2.45) is 0 Å². The zero-order valence-electron chi connectivity index (χ0n) is 30.5. The first-order chi connectivity index (χ1) is 23.6. The summed E-state index contributed by atoms with van der Waals surface area (Å²) in [6.07, 6.45) is 53.2. The molecule has 5 nitrogen and oxygen atoms in total. The average molecular weight is 665 g/mol. The van der Waals surface area contributed by atoms with Crippen molar-refractivity contribution in [3.8, 4) is 0 Å². The number of aliphatic hydroxyl groups excluding tert-OH is 1. The largest absolute Gasteiger partial charge is 0.462 e. The van der Waals surface area contributed by atoms with E-state index in [1.54, 1.807) is 0 Å². The second-order valence-corrected chi connectivity index (χ2v) is 11.9. The molecule has 0 fully saturated rings. The highest BCUT2D eigenvalue weighted by molar-refractivity contribution is 5.70. The molecule has 0 heterocycles. The van der Waals surface area contributed by atoms with Crippen molar-refractivity contribution >= 4 is 11.9 Å². The number of hydrogen-bond acceptors (Lipinski definition) is 5. The van der Waals surface area contributed by atoms with Crippen LogP contribution in [0.25, 0.3) is 0 Å². The SMILES string of the molecule is CC/C=C/C/C=C/C/C=C/C/C=C/C/C=C/CCCCCC(=O)O[C@@H](CO)COC(=O)CCCCCCC/C=C/C/C=C/C/C=C/CC. The standard InChI is InChI=1S/C43H68O5/c1-3-5-7-9-11-13-15-17-19-20-21-22-24-26-28-30-32-34-36-38-43(46)48-41(39-44)40-47-42(45)37-35-33-31-29-27-25-23-18-16-14-12-10-8-6-4-2/h5-8,11-14,17-19,21-23,26,28,41,44H,3-4,9-10,15-16,20,24-25,27,29-40H2,1-2H3/b7-5+,8-6+,13-11+,14-12+,19-17+,22-21+,23-18+,28-26+/t41-/m0/s1. The van der Waals surface area contributed by atoms with Crippen molar-refractivity contribution < 1.29 is 24.2 Å². The number of carbonyl (C=O) groups is 2. The second-order valence-electron chi connectivity index (χ2n) is 11.9. The van der Waals surface area contributed by atoms with Crippen molar-refractivity contribution in [1.82, 2.24) is 0 Å². The van der Waals surface area contributed by atoms with E-state index >= 15 is 0 Å². The van der Waals surface area contributed by atoms with E-state index in [0.717, 1.165) is 116 Å². The van der Waals surface area contributed by atoms with Gasteiger partial charge in [-0.05, 0) is 89.9 Å². The summed E-state index contributed by atoms with van der Waals surface area (Å²) >= 11 is 0. The zero-order chi connectivity index (χ0) is 35.0. The fraction of sp³-hybridized carbons (Fsp3) is 0.581. The first-order valence-corrected chi connectivity index (χ1v) is 18.8. The van der Waals surface area contributed by atoms with Crippen LogP contribution in [-0.2, 0) is 19.1 Å². The average Bonchev–Trinajstić information content (AvgIpc) is 3.09. The van der Waals surface area contributed by atoms with Gasteiger partial charge in [0.2, 0.25) is 0 Å². The zero-order valence-corrected chi connectivity index (χ0v) is 30.5. The fourth-order valence-electron chi connectivity index (χ4n) is 4.59. The van der Waals surface area contributed by atoms with Gasteiger partial charge in [0.05, 0.1) is 6.61 Å². The Balaban J connectivity index is 3.71. The number of esters is 2. The maximum Gasteiger partial charge on any atom is 0.306 e. The molecule has 1 N–H and O–H groups in total. The minimum atomic E-state index is -0.802. The summed E-state index contributed by atoms with van der Waals surface area (Å²) in [5, 5.41) is 9.54. The van der Waals surface area contributed by atoms with E-state index in [9.17, 15) is 14.7 Å². The molecular formula is C43H68O5. The van der Waals surface area contributed by atoms with Crippen LogP contribution in [0.15, 0.2) is 97.2 Å². The lowest BCUT2D eigenvalue weighted by Gasteiger charge is -2.15. The molecule has 0 saturated carbocycles. The Kier molecular flexibility index (Phi) is 35.7. The van der Waals surface area contributed by atoms with Crippen LogP contribution in [0.2, 0.25) is 0 Å². The molecule has 0 spiro atoms. The van der Waals surface area contributed by atoms with Gasteiger partial charge < -0.3 is 14.6 Å². The van der Waals surface area contributed by atoms with E-state index in [1.165, 1.54) is 0 Å². The van der Waals surface area contributed by atoms with Crippen LogP contribution >= 0.6 is 0 Å². The highest BCUT2D eigenvalue weighted by Gasteiger charge is 2.16. The summed E-state index contributed by atoms with van der Waals surface area (Å²) in [5.74, 6) is -0.660. The van der Waals surface area contributed by atoms with Crippen molar-refractivity contribution in [3.05, 3.63) is 97.2 Å². The predicted octanol–water partition coefficient (Wildman–Crippen LogP) is 11.7. The van der Waals surface area contributed by atoms with Gasteiger partial charge in [-0.15, -0.1) is 0 Å². The number of ether oxygens (including phenoxy) is 2. The van der Waals surface area contributed by atoms with Crippen LogP contribution in [0.5, 0.6) is 0 Å². The summed E-state index contributed by atoms with van der Waals surface area (Å²) in [6.45, 7) is 3.84. The molecule has 0 aliphatic rings. The number of aliphatic hydroxyl groups is 1. The summed E-state index contributed by atoms with van der Waals surface area (Å²) in [6, 6.07) is 0. The Morgan fingerprint density at radius 1 is 0.479 bits per heavy atom. The van der Waals surface area contributed by atoms with Crippen LogP contribution < -0.4 is 0 Å². The second kappa shape index (κ2) is 38.3. The molecule has 0 unspecified atom stereocenters. The summed E-state index contributed by atoms with van der Waals surface area (Å²) in [4.78, 5) is 24.2. The van der Waals surface area contributed by atoms with Gasteiger partial charge >= 0.3 is 11.9 Å². The first kappa shape index (κ1) is 44.8. The quantitative estimate of drug-likeness (QED) is 0.0440. The predicted molar refractivity (Wildman–Crippen MR) is 205 cm³/mol. The van der Waals surface area contributed by atoms with Crippen LogP contribution in [0.1, 0.15) is 142 Å².